The summed E-state index contributed by atoms with van der Waals surface area (Å²) in [5, 5.41) is 2.82. The molecule has 0 aromatic heterocycles. The van der Waals surface area contributed by atoms with Crippen molar-refractivity contribution in [2.45, 2.75) is 18.7 Å². The maximum atomic E-state index is 13.0. The Labute approximate surface area is 167 Å². The fourth-order valence-electron chi connectivity index (χ4n) is 2.86. The first-order chi connectivity index (χ1) is 12.8. The molecule has 3 rings (SSSR count). The monoisotopic (exact) mass is 452 g/mol. The zero-order valence-electron chi connectivity index (χ0n) is 15.2. The molecule has 0 bridgehead atoms. The van der Waals surface area contributed by atoms with Crippen LogP contribution in [-0.4, -0.2) is 44.9 Å². The molecule has 6 nitrogen and oxygen atoms in total. The number of ether oxygens (including phenoxy) is 1. The quantitative estimate of drug-likeness (QED) is 0.771. The van der Waals surface area contributed by atoms with Gasteiger partial charge in [-0.05, 0) is 65.2 Å². The third kappa shape index (κ3) is 4.40. The Morgan fingerprint density at radius 2 is 1.81 bits per heavy atom. The third-order valence-corrected chi connectivity index (χ3v) is 7.11. The van der Waals surface area contributed by atoms with Crippen LogP contribution in [0.3, 0.4) is 0 Å². The molecule has 0 unspecified atom stereocenters. The summed E-state index contributed by atoms with van der Waals surface area (Å²) in [6.07, 6.45) is 0. The minimum absolute atomic E-state index is 0.153. The van der Waals surface area contributed by atoms with Crippen molar-refractivity contribution in [3.63, 3.8) is 0 Å². The number of amides is 1. The van der Waals surface area contributed by atoms with Gasteiger partial charge in [-0.2, -0.15) is 4.31 Å². The number of morpholine rings is 1. The van der Waals surface area contributed by atoms with E-state index < -0.39 is 10.0 Å². The lowest BCUT2D eigenvalue weighted by Gasteiger charge is -2.26. The summed E-state index contributed by atoms with van der Waals surface area (Å²) in [7, 11) is -3.67. The molecule has 1 aliphatic rings. The number of hydrogen-bond acceptors (Lipinski definition) is 4. The number of rotatable bonds is 4. The van der Waals surface area contributed by atoms with Gasteiger partial charge in [0.1, 0.15) is 0 Å². The number of nitrogens with zero attached hydrogens (tertiary/aromatic N) is 1. The molecule has 0 radical (unpaired) electrons. The number of carbonyl (C=O) groups excluding carboxylic acids is 1. The summed E-state index contributed by atoms with van der Waals surface area (Å²) in [6.45, 7) is 5.06. The van der Waals surface area contributed by atoms with E-state index in [9.17, 15) is 13.2 Å². The van der Waals surface area contributed by atoms with Gasteiger partial charge in [-0.25, -0.2) is 8.42 Å². The molecule has 0 saturated carbocycles. The lowest BCUT2D eigenvalue weighted by atomic mass is 10.1. The van der Waals surface area contributed by atoms with E-state index in [-0.39, 0.29) is 10.8 Å². The van der Waals surface area contributed by atoms with Crippen LogP contribution in [0.25, 0.3) is 0 Å². The second kappa shape index (κ2) is 8.10. The van der Waals surface area contributed by atoms with E-state index in [1.54, 1.807) is 25.1 Å². The number of aryl methyl sites for hydroxylation is 2. The van der Waals surface area contributed by atoms with Gasteiger partial charge in [-0.3, -0.25) is 4.79 Å². The Bertz CT molecular complexity index is 970. The molecular formula is C19H21BrN2O4S. The highest BCUT2D eigenvalue weighted by molar-refractivity contribution is 9.10. The summed E-state index contributed by atoms with van der Waals surface area (Å²) in [5.41, 5.74) is 2.59. The maximum absolute atomic E-state index is 13.0. The molecule has 1 saturated heterocycles. The summed E-state index contributed by atoms with van der Waals surface area (Å²) in [5.74, 6) is -0.363. The van der Waals surface area contributed by atoms with Crippen LogP contribution < -0.4 is 5.32 Å². The number of hydrogen-bond donors (Lipinski definition) is 1. The van der Waals surface area contributed by atoms with Gasteiger partial charge in [0.15, 0.2) is 0 Å². The average molecular weight is 453 g/mol. The number of benzene rings is 2. The third-order valence-electron chi connectivity index (χ3n) is 4.41. The van der Waals surface area contributed by atoms with E-state index >= 15 is 0 Å². The molecule has 2 aromatic rings. The van der Waals surface area contributed by atoms with Crippen LogP contribution in [0.15, 0.2) is 45.8 Å². The Morgan fingerprint density at radius 1 is 1.11 bits per heavy atom. The predicted molar refractivity (Wildman–Crippen MR) is 108 cm³/mol. The summed E-state index contributed by atoms with van der Waals surface area (Å²) in [6, 6.07) is 10.3. The second-order valence-electron chi connectivity index (χ2n) is 6.43. The van der Waals surface area contributed by atoms with Crippen LogP contribution in [0.5, 0.6) is 0 Å². The first kappa shape index (κ1) is 20.0. The van der Waals surface area contributed by atoms with Crippen molar-refractivity contribution in [3.8, 4) is 0 Å². The van der Waals surface area contributed by atoms with Gasteiger partial charge >= 0.3 is 0 Å². The van der Waals surface area contributed by atoms with Gasteiger partial charge < -0.3 is 10.1 Å². The standard InChI is InChI=1S/C19H21BrN2O4S/c1-13-3-6-17(16(20)11-13)21-19(23)15-5-4-14(2)18(12-15)27(24,25)22-7-9-26-10-8-22/h3-6,11-12H,7-10H2,1-2H3,(H,21,23). The summed E-state index contributed by atoms with van der Waals surface area (Å²) in [4.78, 5) is 12.8. The van der Waals surface area contributed by atoms with Crippen LogP contribution >= 0.6 is 15.9 Å². The van der Waals surface area contributed by atoms with Gasteiger partial charge in [0.05, 0.1) is 23.8 Å². The summed E-state index contributed by atoms with van der Waals surface area (Å²) < 4.78 is 33.3. The molecule has 1 amide bonds. The van der Waals surface area contributed by atoms with Crippen molar-refractivity contribution in [1.29, 1.82) is 0 Å². The van der Waals surface area contributed by atoms with Gasteiger partial charge in [0.25, 0.3) is 5.91 Å². The molecule has 1 N–H and O–H groups in total. The number of sulfonamides is 1. The van der Waals surface area contributed by atoms with Gasteiger partial charge in [-0.1, -0.05) is 12.1 Å². The van der Waals surface area contributed by atoms with E-state index in [1.165, 1.54) is 10.4 Å². The van der Waals surface area contributed by atoms with Crippen LogP contribution in [0, 0.1) is 13.8 Å². The molecule has 27 heavy (non-hydrogen) atoms. The highest BCUT2D eigenvalue weighted by atomic mass is 79.9. The number of anilines is 1. The molecule has 1 heterocycles. The largest absolute Gasteiger partial charge is 0.379 e. The molecule has 1 fully saturated rings. The van der Waals surface area contributed by atoms with Gasteiger partial charge in [0, 0.05) is 23.1 Å². The van der Waals surface area contributed by atoms with Crippen LogP contribution in [0.1, 0.15) is 21.5 Å². The van der Waals surface area contributed by atoms with Crippen molar-refractivity contribution in [2.75, 3.05) is 31.6 Å². The Balaban J connectivity index is 1.89. The van der Waals surface area contributed by atoms with Crippen LogP contribution in [-0.2, 0) is 14.8 Å². The summed E-state index contributed by atoms with van der Waals surface area (Å²) >= 11 is 3.43. The normalized spacial score (nSPS) is 15.5. The van der Waals surface area contributed by atoms with Crippen molar-refractivity contribution >= 4 is 37.5 Å². The lowest BCUT2D eigenvalue weighted by Crippen LogP contribution is -2.40. The number of carbonyl (C=O) groups is 1. The SMILES string of the molecule is Cc1ccc(NC(=O)c2ccc(C)c(S(=O)(=O)N3CCOCC3)c2)c(Br)c1. The van der Waals surface area contributed by atoms with Gasteiger partial charge in [-0.15, -0.1) is 0 Å². The van der Waals surface area contributed by atoms with Crippen LogP contribution in [0.2, 0.25) is 0 Å². The Hall–Kier alpha value is -1.74. The van der Waals surface area contributed by atoms with Crippen molar-refractivity contribution in [3.05, 3.63) is 57.6 Å². The van der Waals surface area contributed by atoms with Crippen LogP contribution in [0.4, 0.5) is 5.69 Å². The van der Waals surface area contributed by atoms with E-state index in [0.29, 0.717) is 43.1 Å². The Kier molecular flexibility index (Phi) is 6.00. The fraction of sp³-hybridized carbons (Fsp3) is 0.316. The highest BCUT2D eigenvalue weighted by Gasteiger charge is 2.28. The molecule has 8 heteroatoms. The molecule has 0 aliphatic carbocycles. The van der Waals surface area contributed by atoms with E-state index in [1.807, 2.05) is 19.1 Å². The molecular weight excluding hydrogens is 432 g/mol. The number of halogens is 1. The molecule has 0 spiro atoms. The van der Waals surface area contributed by atoms with Crippen molar-refractivity contribution < 1.29 is 17.9 Å². The zero-order valence-corrected chi connectivity index (χ0v) is 17.6. The number of nitrogens with one attached hydrogen (secondary N) is 1. The minimum Gasteiger partial charge on any atom is -0.379 e. The predicted octanol–water partition coefficient (Wildman–Crippen LogP) is 3.34. The van der Waals surface area contributed by atoms with E-state index in [2.05, 4.69) is 21.2 Å². The maximum Gasteiger partial charge on any atom is 0.255 e. The minimum atomic E-state index is -3.67. The first-order valence-electron chi connectivity index (χ1n) is 8.55. The first-order valence-corrected chi connectivity index (χ1v) is 10.8. The molecule has 1 aliphatic heterocycles. The average Bonchev–Trinajstić information content (AvgIpc) is 2.65. The topological polar surface area (TPSA) is 75.7 Å². The molecule has 144 valence electrons. The molecule has 2 aromatic carbocycles. The smallest absolute Gasteiger partial charge is 0.255 e. The van der Waals surface area contributed by atoms with E-state index in [4.69, 9.17) is 4.74 Å². The van der Waals surface area contributed by atoms with Crippen molar-refractivity contribution in [2.24, 2.45) is 0 Å². The molecule has 0 atom stereocenters. The fourth-order valence-corrected chi connectivity index (χ4v) is 5.11. The van der Waals surface area contributed by atoms with Crippen molar-refractivity contribution in [1.82, 2.24) is 4.31 Å². The zero-order chi connectivity index (χ0) is 19.6. The second-order valence-corrected chi connectivity index (χ2v) is 9.19. The Morgan fingerprint density at radius 3 is 2.48 bits per heavy atom. The lowest BCUT2D eigenvalue weighted by molar-refractivity contribution is 0.0730. The van der Waals surface area contributed by atoms with Gasteiger partial charge in [0.2, 0.25) is 10.0 Å². The highest BCUT2D eigenvalue weighted by Crippen LogP contribution is 2.26. The van der Waals surface area contributed by atoms with E-state index in [0.717, 1.165) is 10.0 Å².